The molecule has 1 saturated heterocycles. The van der Waals surface area contributed by atoms with E-state index in [1.54, 1.807) is 0 Å². The Labute approximate surface area is 259 Å². The summed E-state index contributed by atoms with van der Waals surface area (Å²) in [6, 6.07) is -2.14. The minimum atomic E-state index is -4.28. The molecule has 1 fully saturated rings. The van der Waals surface area contributed by atoms with Gasteiger partial charge in [0.25, 0.3) is 5.56 Å². The number of H-pyrrole nitrogens is 1. The molecular formula is C26H42N7O11P. The SMILES string of the molecule is COC(=O)O[C@@H]1C[C@H](n2cnc3c(=O)[nH]c(N)nc32)O[C@@H]1COP(=O)(NC(CC(C)C)C(=O)OC)NC(CC(C)C)C(=O)OC. The lowest BCUT2D eigenvalue weighted by atomic mass is 10.1. The molecule has 1 aliphatic heterocycles. The first-order valence-electron chi connectivity index (χ1n) is 14.3. The molecule has 0 amide bonds. The van der Waals surface area contributed by atoms with Crippen LogP contribution < -0.4 is 21.5 Å². The Morgan fingerprint density at radius 2 is 1.64 bits per heavy atom. The van der Waals surface area contributed by atoms with E-state index in [0.29, 0.717) is 0 Å². The molecule has 0 aliphatic carbocycles. The Hall–Kier alpha value is -3.57. The molecule has 2 aromatic heterocycles. The Morgan fingerprint density at radius 3 is 2.16 bits per heavy atom. The number of methoxy groups -OCH3 is 3. The number of nitrogen functional groups attached to an aromatic ring is 1. The molecule has 0 saturated carbocycles. The number of hydrogen-bond acceptors (Lipinski definition) is 14. The summed E-state index contributed by atoms with van der Waals surface area (Å²) in [5, 5.41) is 5.47. The van der Waals surface area contributed by atoms with Gasteiger partial charge < -0.3 is 33.9 Å². The molecule has 2 unspecified atom stereocenters. The summed E-state index contributed by atoms with van der Waals surface area (Å²) in [7, 11) is -0.747. The second kappa shape index (κ2) is 15.6. The Balaban J connectivity index is 1.94. The normalized spacial score (nSPS) is 21.0. The highest BCUT2D eigenvalue weighted by Gasteiger charge is 2.43. The molecule has 3 heterocycles. The fraction of sp³-hybridized carbons (Fsp3) is 0.692. The molecule has 5 atom stereocenters. The fourth-order valence-corrected chi connectivity index (χ4v) is 6.62. The van der Waals surface area contributed by atoms with Gasteiger partial charge in [-0.3, -0.25) is 28.5 Å². The van der Waals surface area contributed by atoms with Crippen molar-refractivity contribution >= 4 is 42.9 Å². The van der Waals surface area contributed by atoms with Crippen molar-refractivity contribution in [3.05, 3.63) is 16.7 Å². The lowest BCUT2D eigenvalue weighted by Crippen LogP contribution is -2.45. The number of fused-ring (bicyclic) bond motifs is 1. The lowest BCUT2D eigenvalue weighted by molar-refractivity contribution is -0.143. The maximum Gasteiger partial charge on any atom is 0.508 e. The average molecular weight is 660 g/mol. The molecule has 45 heavy (non-hydrogen) atoms. The number of nitrogens with one attached hydrogen (secondary N) is 3. The fourth-order valence-electron chi connectivity index (χ4n) is 4.80. The maximum absolute atomic E-state index is 14.4. The van der Waals surface area contributed by atoms with E-state index < -0.39 is 68.4 Å². The molecule has 19 heteroatoms. The van der Waals surface area contributed by atoms with Crippen molar-refractivity contribution in [1.82, 2.24) is 29.7 Å². The predicted molar refractivity (Wildman–Crippen MR) is 159 cm³/mol. The zero-order valence-corrected chi connectivity index (χ0v) is 27.2. The standard InChI is InChI=1S/C26H42N7O11P/c1-13(2)8-15(23(35)39-5)31-45(38,32-16(9-14(3)4)24(36)40-6)42-11-18-17(44-26(37)41-7)10-19(43-18)33-12-28-20-21(33)29-25(27)30-22(20)34/h12-19H,8-11H2,1-7H3,(H2,31,32,38)(H3,27,29,30,34)/t15?,16?,17-,18-,19-,45?/m1/s1. The number of nitrogens with two attached hydrogens (primary N) is 1. The summed E-state index contributed by atoms with van der Waals surface area (Å²) in [6.45, 7) is 7.01. The van der Waals surface area contributed by atoms with E-state index in [1.807, 2.05) is 27.7 Å². The number of aromatic nitrogens is 4. The maximum atomic E-state index is 14.4. The Bertz CT molecular complexity index is 1410. The molecule has 3 rings (SSSR count). The van der Waals surface area contributed by atoms with Gasteiger partial charge in [-0.15, -0.1) is 0 Å². The van der Waals surface area contributed by atoms with Crippen LogP contribution in [0.4, 0.5) is 10.7 Å². The van der Waals surface area contributed by atoms with Crippen molar-refractivity contribution in [2.45, 2.75) is 77.5 Å². The number of esters is 2. The summed E-state index contributed by atoms with van der Waals surface area (Å²) in [5.74, 6) is -1.55. The van der Waals surface area contributed by atoms with Crippen LogP contribution in [0.15, 0.2) is 11.1 Å². The van der Waals surface area contributed by atoms with E-state index >= 15 is 0 Å². The van der Waals surface area contributed by atoms with Gasteiger partial charge in [-0.1, -0.05) is 27.7 Å². The second-order valence-corrected chi connectivity index (χ2v) is 13.1. The zero-order chi connectivity index (χ0) is 33.5. The third-order valence-electron chi connectivity index (χ3n) is 6.81. The van der Waals surface area contributed by atoms with Gasteiger partial charge in [0.2, 0.25) is 5.95 Å². The van der Waals surface area contributed by atoms with Crippen LogP contribution in [0, 0.1) is 11.8 Å². The smallest absolute Gasteiger partial charge is 0.468 e. The van der Waals surface area contributed by atoms with E-state index in [1.165, 1.54) is 25.1 Å². The molecule has 252 valence electrons. The number of rotatable bonds is 15. The first-order chi connectivity index (χ1) is 21.2. The van der Waals surface area contributed by atoms with Gasteiger partial charge in [0.15, 0.2) is 11.2 Å². The molecule has 0 spiro atoms. The van der Waals surface area contributed by atoms with Crippen molar-refractivity contribution in [3.63, 3.8) is 0 Å². The number of aromatic amines is 1. The van der Waals surface area contributed by atoms with Crippen molar-refractivity contribution < 1.29 is 47.2 Å². The second-order valence-electron chi connectivity index (χ2n) is 11.3. The summed E-state index contributed by atoms with van der Waals surface area (Å²) in [6.07, 6.45) is -2.11. The third-order valence-corrected chi connectivity index (χ3v) is 8.63. The first-order valence-corrected chi connectivity index (χ1v) is 15.9. The molecule has 18 nitrogen and oxygen atoms in total. The van der Waals surface area contributed by atoms with E-state index in [4.69, 9.17) is 29.2 Å². The van der Waals surface area contributed by atoms with Crippen LogP contribution >= 0.6 is 7.67 Å². The number of hydrogen-bond donors (Lipinski definition) is 4. The first kappa shape index (κ1) is 35.9. The Morgan fingerprint density at radius 1 is 1.07 bits per heavy atom. The monoisotopic (exact) mass is 659 g/mol. The van der Waals surface area contributed by atoms with E-state index in [9.17, 15) is 23.7 Å². The lowest BCUT2D eigenvalue weighted by Gasteiger charge is -2.30. The van der Waals surface area contributed by atoms with Gasteiger partial charge in [0, 0.05) is 6.42 Å². The number of anilines is 1. The molecule has 5 N–H and O–H groups in total. The van der Waals surface area contributed by atoms with Crippen LogP contribution in [0.3, 0.4) is 0 Å². The van der Waals surface area contributed by atoms with Crippen LogP contribution in [0.5, 0.6) is 0 Å². The van der Waals surface area contributed by atoms with Crippen LogP contribution in [-0.2, 0) is 42.4 Å². The minimum absolute atomic E-state index is 0.00819. The molecule has 2 aromatic rings. The minimum Gasteiger partial charge on any atom is -0.468 e. The number of carbonyl (C=O) groups excluding carboxylic acids is 3. The number of ether oxygens (including phenoxy) is 5. The van der Waals surface area contributed by atoms with E-state index in [0.717, 1.165) is 7.11 Å². The van der Waals surface area contributed by atoms with Crippen LogP contribution in [0.25, 0.3) is 11.2 Å². The van der Waals surface area contributed by atoms with Crippen molar-refractivity contribution in [2.75, 3.05) is 33.7 Å². The average Bonchev–Trinajstić information content (AvgIpc) is 3.57. The molecule has 0 aromatic carbocycles. The van der Waals surface area contributed by atoms with E-state index in [-0.39, 0.29) is 48.2 Å². The number of carbonyl (C=O) groups is 3. The van der Waals surface area contributed by atoms with Gasteiger partial charge in [-0.2, -0.15) is 4.98 Å². The topological polar surface area (TPSA) is 237 Å². The molecule has 0 bridgehead atoms. The third kappa shape index (κ3) is 9.46. The van der Waals surface area contributed by atoms with Gasteiger partial charge in [0.05, 0.1) is 34.3 Å². The summed E-state index contributed by atoms with van der Waals surface area (Å²) >= 11 is 0. The largest absolute Gasteiger partial charge is 0.508 e. The number of imidazole rings is 1. The van der Waals surface area contributed by atoms with Crippen LogP contribution in [-0.4, -0.2) is 89.8 Å². The highest BCUT2D eigenvalue weighted by Crippen LogP contribution is 2.43. The van der Waals surface area contributed by atoms with Crippen molar-refractivity contribution in [2.24, 2.45) is 11.8 Å². The van der Waals surface area contributed by atoms with Crippen LogP contribution in [0.2, 0.25) is 0 Å². The molecule has 0 radical (unpaired) electrons. The summed E-state index contributed by atoms with van der Waals surface area (Å²) in [4.78, 5) is 60.3. The summed E-state index contributed by atoms with van der Waals surface area (Å²) in [5.41, 5.74) is 5.30. The van der Waals surface area contributed by atoms with Gasteiger partial charge >= 0.3 is 25.8 Å². The highest BCUT2D eigenvalue weighted by molar-refractivity contribution is 7.54. The molecular weight excluding hydrogens is 617 g/mol. The van der Waals surface area contributed by atoms with E-state index in [2.05, 4.69) is 29.9 Å². The number of nitrogens with zero attached hydrogens (tertiary/aromatic N) is 3. The summed E-state index contributed by atoms with van der Waals surface area (Å²) < 4.78 is 47.8. The van der Waals surface area contributed by atoms with Crippen molar-refractivity contribution in [3.8, 4) is 0 Å². The zero-order valence-electron chi connectivity index (χ0n) is 26.3. The quantitative estimate of drug-likeness (QED) is 0.121. The van der Waals surface area contributed by atoms with Crippen LogP contribution in [0.1, 0.15) is 53.2 Å². The highest BCUT2D eigenvalue weighted by atomic mass is 31.2. The predicted octanol–water partition coefficient (Wildman–Crippen LogP) is 1.62. The molecule has 1 aliphatic rings. The van der Waals surface area contributed by atoms with Gasteiger partial charge in [-0.25, -0.2) is 20.0 Å². The van der Waals surface area contributed by atoms with Crippen molar-refractivity contribution in [1.29, 1.82) is 0 Å². The van der Waals surface area contributed by atoms with Gasteiger partial charge in [-0.05, 0) is 24.7 Å². The Kier molecular flexibility index (Phi) is 12.5. The van der Waals surface area contributed by atoms with Gasteiger partial charge in [0.1, 0.15) is 30.5 Å².